The molecule has 5 rings (SSSR count). The van der Waals surface area contributed by atoms with Crippen LogP contribution in [0.5, 0.6) is 0 Å². The van der Waals surface area contributed by atoms with E-state index in [9.17, 15) is 24.3 Å². The lowest BCUT2D eigenvalue weighted by molar-refractivity contribution is -0.125. The second kappa shape index (κ2) is 12.7. The summed E-state index contributed by atoms with van der Waals surface area (Å²) in [5, 5.41) is 15.6. The minimum Gasteiger partial charge on any atom is -0.478 e. The predicted octanol–water partition coefficient (Wildman–Crippen LogP) is 2.84. The van der Waals surface area contributed by atoms with Gasteiger partial charge in [-0.25, -0.2) is 4.79 Å². The number of hydrogen-bond donors (Lipinski definition) is 4. The highest BCUT2D eigenvalue weighted by Gasteiger charge is 2.32. The molecule has 1 saturated heterocycles. The number of carbonyl (C=O) groups is 4. The van der Waals surface area contributed by atoms with Gasteiger partial charge in [-0.05, 0) is 76.5 Å². The van der Waals surface area contributed by atoms with Crippen molar-refractivity contribution in [3.05, 3.63) is 81.7 Å². The smallest absolute Gasteiger partial charge is 0.337 e. The summed E-state index contributed by atoms with van der Waals surface area (Å²) in [6.07, 6.45) is 0.600. The summed E-state index contributed by atoms with van der Waals surface area (Å²) in [5.74, 6) is -2.48. The Morgan fingerprint density at radius 3 is 2.33 bits per heavy atom. The largest absolute Gasteiger partial charge is 0.478 e. The maximum atomic E-state index is 13.2. The van der Waals surface area contributed by atoms with Crippen LogP contribution in [0, 0.1) is 13.8 Å². The molecular formula is C33H39N7O5. The van der Waals surface area contributed by atoms with Gasteiger partial charge in [-0.3, -0.25) is 24.2 Å². The number of aromatic carboxylic acids is 1. The molecule has 1 unspecified atom stereocenters. The molecule has 0 radical (unpaired) electrons. The second-order valence-corrected chi connectivity index (χ2v) is 11.9. The van der Waals surface area contributed by atoms with Gasteiger partial charge >= 0.3 is 5.97 Å². The Hall–Kier alpha value is -4.78. The molecule has 3 amide bonds. The van der Waals surface area contributed by atoms with Gasteiger partial charge < -0.3 is 30.9 Å². The highest BCUT2D eigenvalue weighted by atomic mass is 16.4. The number of carboxylic acids is 1. The van der Waals surface area contributed by atoms with Gasteiger partial charge in [0.15, 0.2) is 6.17 Å². The molecule has 2 aliphatic rings. The molecular weight excluding hydrogens is 574 g/mol. The standard InChI is InChI=1S/C33H39N7O5/c1-19-27(40(20(2)28(19)33(44)45)32(29(34)41)37(3)4)17-25-24-11-10-23(16-26(24)36-31(25)43)35-30(42)22-8-6-21(7-9-22)18-39-14-12-38(5)13-15-39/h6-11,16-17,32H,12-15,18H2,1-5H3,(H2,34,41)(H,35,42)(H,36,43)(H,44,45). The van der Waals surface area contributed by atoms with Gasteiger partial charge in [0.1, 0.15) is 0 Å². The topological polar surface area (TPSA) is 153 Å². The number of piperazine rings is 1. The van der Waals surface area contributed by atoms with Gasteiger partial charge in [-0.2, -0.15) is 0 Å². The summed E-state index contributed by atoms with van der Waals surface area (Å²) in [6.45, 7) is 8.21. The van der Waals surface area contributed by atoms with Crippen LogP contribution in [-0.4, -0.2) is 95.4 Å². The van der Waals surface area contributed by atoms with E-state index in [0.717, 1.165) is 38.3 Å². The predicted molar refractivity (Wildman–Crippen MR) is 173 cm³/mol. The van der Waals surface area contributed by atoms with Crippen molar-refractivity contribution in [2.24, 2.45) is 5.73 Å². The Kier molecular flexibility index (Phi) is 8.91. The number of fused-ring (bicyclic) bond motifs is 1. The van der Waals surface area contributed by atoms with Crippen LogP contribution < -0.4 is 16.4 Å². The second-order valence-electron chi connectivity index (χ2n) is 11.9. The number of nitrogens with zero attached hydrogens (tertiary/aromatic N) is 4. The van der Waals surface area contributed by atoms with E-state index in [-0.39, 0.29) is 11.5 Å². The van der Waals surface area contributed by atoms with Crippen molar-refractivity contribution in [1.29, 1.82) is 0 Å². The summed E-state index contributed by atoms with van der Waals surface area (Å²) in [7, 11) is 5.46. The first-order valence-corrected chi connectivity index (χ1v) is 14.7. The summed E-state index contributed by atoms with van der Waals surface area (Å²) in [5.41, 5.74) is 10.4. The van der Waals surface area contributed by atoms with Gasteiger partial charge in [-0.15, -0.1) is 0 Å². The SMILES string of the molecule is Cc1c(C(=O)O)c(C)n(C(C(N)=O)N(C)C)c1C=C1C(=O)Nc2cc(NC(=O)c3ccc(CN4CCN(C)CC4)cc3)ccc21. The fourth-order valence-corrected chi connectivity index (χ4v) is 6.08. The number of carbonyl (C=O) groups excluding carboxylic acids is 3. The minimum atomic E-state index is -1.15. The van der Waals surface area contributed by atoms with Crippen LogP contribution in [0.3, 0.4) is 0 Å². The van der Waals surface area contributed by atoms with Crippen LogP contribution in [0.4, 0.5) is 11.4 Å². The molecule has 12 nitrogen and oxygen atoms in total. The summed E-state index contributed by atoms with van der Waals surface area (Å²) < 4.78 is 1.55. The number of amides is 3. The van der Waals surface area contributed by atoms with Gasteiger partial charge in [0.2, 0.25) is 0 Å². The fourth-order valence-electron chi connectivity index (χ4n) is 6.08. The third-order valence-corrected chi connectivity index (χ3v) is 8.50. The summed E-state index contributed by atoms with van der Waals surface area (Å²) in [4.78, 5) is 57.1. The molecule has 1 aromatic heterocycles. The van der Waals surface area contributed by atoms with Gasteiger partial charge in [0.25, 0.3) is 17.7 Å². The number of nitrogens with one attached hydrogen (secondary N) is 2. The maximum absolute atomic E-state index is 13.2. The average Bonchev–Trinajstić information content (AvgIpc) is 3.41. The van der Waals surface area contributed by atoms with Crippen LogP contribution in [-0.2, 0) is 16.1 Å². The Bertz CT molecular complexity index is 1700. The summed E-state index contributed by atoms with van der Waals surface area (Å²) >= 11 is 0. The molecule has 12 heteroatoms. The van der Waals surface area contributed by atoms with E-state index in [0.29, 0.717) is 45.0 Å². The van der Waals surface area contributed by atoms with Crippen molar-refractivity contribution in [3.8, 4) is 0 Å². The lowest BCUT2D eigenvalue weighted by atomic mass is 10.0. The molecule has 3 aromatic rings. The zero-order chi connectivity index (χ0) is 32.6. The highest BCUT2D eigenvalue weighted by Crippen LogP contribution is 2.37. The number of primary amides is 1. The maximum Gasteiger partial charge on any atom is 0.337 e. The first-order valence-electron chi connectivity index (χ1n) is 14.7. The number of hydrogen-bond acceptors (Lipinski definition) is 7. The Balaban J connectivity index is 1.38. The number of aromatic nitrogens is 1. The third kappa shape index (κ3) is 6.39. The number of carboxylic acid groups (broad SMARTS) is 1. The molecule has 5 N–H and O–H groups in total. The van der Waals surface area contributed by atoms with E-state index >= 15 is 0 Å². The van der Waals surface area contributed by atoms with Crippen molar-refractivity contribution in [2.75, 3.05) is 58.0 Å². The number of anilines is 2. The van der Waals surface area contributed by atoms with Crippen molar-refractivity contribution in [1.82, 2.24) is 19.3 Å². The van der Waals surface area contributed by atoms with Crippen molar-refractivity contribution < 1.29 is 24.3 Å². The van der Waals surface area contributed by atoms with Crippen LogP contribution in [0.1, 0.15) is 55.0 Å². The lowest BCUT2D eigenvalue weighted by Crippen LogP contribution is -2.43. The number of likely N-dealkylation sites (N-methyl/N-ethyl adjacent to an activating group) is 2. The molecule has 0 bridgehead atoms. The molecule has 3 heterocycles. The number of benzene rings is 2. The van der Waals surface area contributed by atoms with Gasteiger partial charge in [-0.1, -0.05) is 18.2 Å². The molecule has 1 fully saturated rings. The van der Waals surface area contributed by atoms with E-state index in [4.69, 9.17) is 5.73 Å². The van der Waals surface area contributed by atoms with E-state index in [1.165, 1.54) is 0 Å². The fraction of sp³-hybridized carbons (Fsp3) is 0.333. The minimum absolute atomic E-state index is 0.0407. The van der Waals surface area contributed by atoms with E-state index in [1.54, 1.807) is 61.7 Å². The van der Waals surface area contributed by atoms with Gasteiger partial charge in [0.05, 0.1) is 16.8 Å². The first kappa shape index (κ1) is 31.6. The Morgan fingerprint density at radius 1 is 1.07 bits per heavy atom. The molecule has 0 saturated carbocycles. The third-order valence-electron chi connectivity index (χ3n) is 8.50. The van der Waals surface area contributed by atoms with Crippen molar-refractivity contribution in [2.45, 2.75) is 26.6 Å². The molecule has 236 valence electrons. The molecule has 45 heavy (non-hydrogen) atoms. The van der Waals surface area contributed by atoms with E-state index in [1.807, 2.05) is 24.3 Å². The van der Waals surface area contributed by atoms with Crippen molar-refractivity contribution >= 4 is 46.7 Å². The lowest BCUT2D eigenvalue weighted by Gasteiger charge is -2.32. The van der Waals surface area contributed by atoms with Crippen LogP contribution in [0.15, 0.2) is 42.5 Å². The quantitative estimate of drug-likeness (QED) is 0.269. The zero-order valence-electron chi connectivity index (χ0n) is 26.2. The molecule has 1 atom stereocenters. The number of rotatable bonds is 9. The normalized spacial score (nSPS) is 16.9. The van der Waals surface area contributed by atoms with Crippen LogP contribution >= 0.6 is 0 Å². The Morgan fingerprint density at radius 2 is 1.73 bits per heavy atom. The van der Waals surface area contributed by atoms with E-state index in [2.05, 4.69) is 27.5 Å². The highest BCUT2D eigenvalue weighted by molar-refractivity contribution is 6.35. The molecule has 2 aliphatic heterocycles. The zero-order valence-corrected chi connectivity index (χ0v) is 26.2. The number of nitrogens with two attached hydrogens (primary N) is 1. The van der Waals surface area contributed by atoms with Crippen molar-refractivity contribution in [3.63, 3.8) is 0 Å². The first-order chi connectivity index (χ1) is 21.3. The molecule has 2 aromatic carbocycles. The van der Waals surface area contributed by atoms with Gasteiger partial charge in [0, 0.05) is 60.9 Å². The van der Waals surface area contributed by atoms with E-state index < -0.39 is 23.9 Å². The average molecular weight is 614 g/mol. The molecule has 0 spiro atoms. The van der Waals surface area contributed by atoms with Crippen LogP contribution in [0.2, 0.25) is 0 Å². The molecule has 0 aliphatic carbocycles. The summed E-state index contributed by atoms with van der Waals surface area (Å²) in [6, 6.07) is 12.7. The monoisotopic (exact) mass is 613 g/mol. The van der Waals surface area contributed by atoms with Crippen LogP contribution in [0.25, 0.3) is 11.6 Å². The Labute approximate surface area is 262 Å².